The third-order valence-electron chi connectivity index (χ3n) is 4.57. The molecular formula is C22H30N2O4. The molecule has 0 bridgehead atoms. The van der Waals surface area contributed by atoms with Crippen LogP contribution < -0.4 is 24.4 Å². The Hall–Kier alpha value is -2.89. The number of carbonyl (C=O) groups is 1. The molecule has 0 spiro atoms. The molecule has 28 heavy (non-hydrogen) atoms. The Morgan fingerprint density at radius 2 is 1.54 bits per heavy atom. The van der Waals surface area contributed by atoms with Crippen molar-refractivity contribution in [1.29, 1.82) is 0 Å². The van der Waals surface area contributed by atoms with Crippen molar-refractivity contribution >= 4 is 11.6 Å². The summed E-state index contributed by atoms with van der Waals surface area (Å²) < 4.78 is 16.1. The summed E-state index contributed by atoms with van der Waals surface area (Å²) in [6, 6.07) is 12.0. The molecule has 0 unspecified atom stereocenters. The van der Waals surface area contributed by atoms with E-state index in [2.05, 4.69) is 36.2 Å². The van der Waals surface area contributed by atoms with Crippen molar-refractivity contribution in [2.75, 3.05) is 32.8 Å². The summed E-state index contributed by atoms with van der Waals surface area (Å²) in [6.45, 7) is 6.81. The van der Waals surface area contributed by atoms with E-state index in [-0.39, 0.29) is 18.5 Å². The summed E-state index contributed by atoms with van der Waals surface area (Å²) in [5.41, 5.74) is 3.04. The largest absolute Gasteiger partial charge is 0.496 e. The molecule has 6 nitrogen and oxygen atoms in total. The number of nitrogens with one attached hydrogen (secondary N) is 1. The zero-order valence-electron chi connectivity index (χ0n) is 17.5. The number of anilines is 1. The van der Waals surface area contributed by atoms with Crippen molar-refractivity contribution < 1.29 is 19.0 Å². The number of hydrogen-bond donors (Lipinski definition) is 1. The predicted octanol–water partition coefficient (Wildman–Crippen LogP) is 3.55. The Balaban J connectivity index is 2.09. The van der Waals surface area contributed by atoms with E-state index >= 15 is 0 Å². The minimum absolute atomic E-state index is 0.0638. The Kier molecular flexibility index (Phi) is 7.55. The third-order valence-corrected chi connectivity index (χ3v) is 4.57. The first-order valence-corrected chi connectivity index (χ1v) is 9.28. The van der Waals surface area contributed by atoms with Gasteiger partial charge >= 0.3 is 0 Å². The molecule has 0 aromatic heterocycles. The standard InChI is InChI=1S/C22H30N2O4/c1-15(2)24(18-9-7-16(3)8-10-18)14-22(25)23-13-17-11-20(27-5)21(28-6)12-19(17)26-4/h7-12,15H,13-14H2,1-6H3,(H,23,25). The molecule has 6 heteroatoms. The fraction of sp³-hybridized carbons (Fsp3) is 0.409. The first-order chi connectivity index (χ1) is 13.4. The molecule has 0 fully saturated rings. The van der Waals surface area contributed by atoms with E-state index in [4.69, 9.17) is 14.2 Å². The maximum atomic E-state index is 12.6. The smallest absolute Gasteiger partial charge is 0.239 e. The summed E-state index contributed by atoms with van der Waals surface area (Å²) in [5.74, 6) is 1.75. The normalized spacial score (nSPS) is 10.5. The summed E-state index contributed by atoms with van der Waals surface area (Å²) in [4.78, 5) is 14.7. The summed E-state index contributed by atoms with van der Waals surface area (Å²) in [5, 5.41) is 2.97. The molecule has 2 aromatic carbocycles. The topological polar surface area (TPSA) is 60.0 Å². The van der Waals surface area contributed by atoms with Crippen LogP contribution in [0.2, 0.25) is 0 Å². The highest BCUT2D eigenvalue weighted by Crippen LogP contribution is 2.34. The van der Waals surface area contributed by atoms with Gasteiger partial charge < -0.3 is 24.4 Å². The highest BCUT2D eigenvalue weighted by molar-refractivity contribution is 5.81. The van der Waals surface area contributed by atoms with Crippen LogP contribution in [0.15, 0.2) is 36.4 Å². The molecule has 1 amide bonds. The average molecular weight is 386 g/mol. The lowest BCUT2D eigenvalue weighted by molar-refractivity contribution is -0.120. The Morgan fingerprint density at radius 1 is 0.964 bits per heavy atom. The van der Waals surface area contributed by atoms with E-state index in [0.717, 1.165) is 11.3 Å². The third kappa shape index (κ3) is 5.31. The lowest BCUT2D eigenvalue weighted by Crippen LogP contribution is -2.40. The number of carbonyl (C=O) groups excluding carboxylic acids is 1. The van der Waals surface area contributed by atoms with E-state index in [1.54, 1.807) is 27.4 Å². The van der Waals surface area contributed by atoms with Gasteiger partial charge in [0.25, 0.3) is 0 Å². The van der Waals surface area contributed by atoms with Gasteiger partial charge in [-0.05, 0) is 39.0 Å². The van der Waals surface area contributed by atoms with Crippen LogP contribution in [0.4, 0.5) is 5.69 Å². The van der Waals surface area contributed by atoms with E-state index in [1.165, 1.54) is 5.56 Å². The molecule has 0 atom stereocenters. The zero-order valence-corrected chi connectivity index (χ0v) is 17.5. The maximum absolute atomic E-state index is 12.6. The molecule has 1 N–H and O–H groups in total. The number of nitrogens with zero attached hydrogens (tertiary/aromatic N) is 1. The van der Waals surface area contributed by atoms with E-state index in [9.17, 15) is 4.79 Å². The van der Waals surface area contributed by atoms with Gasteiger partial charge in [0, 0.05) is 29.9 Å². The average Bonchev–Trinajstić information content (AvgIpc) is 2.70. The second kappa shape index (κ2) is 9.88. The van der Waals surface area contributed by atoms with Gasteiger partial charge in [-0.1, -0.05) is 17.7 Å². The van der Waals surface area contributed by atoms with E-state index in [1.807, 2.05) is 25.1 Å². The molecule has 0 aliphatic heterocycles. The van der Waals surface area contributed by atoms with Crippen LogP contribution in [0.1, 0.15) is 25.0 Å². The Bertz CT molecular complexity index is 788. The van der Waals surface area contributed by atoms with Crippen LogP contribution in [-0.2, 0) is 11.3 Å². The molecule has 0 heterocycles. The quantitative estimate of drug-likeness (QED) is 0.714. The monoisotopic (exact) mass is 386 g/mol. The van der Waals surface area contributed by atoms with E-state index < -0.39 is 0 Å². The van der Waals surface area contributed by atoms with Crippen molar-refractivity contribution in [1.82, 2.24) is 5.32 Å². The molecule has 2 aromatic rings. The highest BCUT2D eigenvalue weighted by atomic mass is 16.5. The fourth-order valence-corrected chi connectivity index (χ4v) is 2.94. The van der Waals surface area contributed by atoms with Gasteiger partial charge in [0.05, 0.1) is 27.9 Å². The van der Waals surface area contributed by atoms with Crippen molar-refractivity contribution in [2.45, 2.75) is 33.4 Å². The van der Waals surface area contributed by atoms with Crippen molar-refractivity contribution in [3.63, 3.8) is 0 Å². The number of rotatable bonds is 9. The first kappa shape index (κ1) is 21.4. The molecule has 0 saturated heterocycles. The van der Waals surface area contributed by atoms with Crippen LogP contribution in [0.3, 0.4) is 0 Å². The number of methoxy groups -OCH3 is 3. The number of benzene rings is 2. The van der Waals surface area contributed by atoms with Crippen molar-refractivity contribution in [3.05, 3.63) is 47.5 Å². The molecule has 152 valence electrons. The summed E-state index contributed by atoms with van der Waals surface area (Å²) >= 11 is 0. The van der Waals surface area contributed by atoms with Gasteiger partial charge in [0.15, 0.2) is 11.5 Å². The van der Waals surface area contributed by atoms with Crippen molar-refractivity contribution in [2.24, 2.45) is 0 Å². The molecule has 2 rings (SSSR count). The minimum atomic E-state index is -0.0638. The van der Waals surface area contributed by atoms with Crippen LogP contribution in [0.25, 0.3) is 0 Å². The van der Waals surface area contributed by atoms with Gasteiger partial charge in [-0.15, -0.1) is 0 Å². The maximum Gasteiger partial charge on any atom is 0.239 e. The SMILES string of the molecule is COc1cc(OC)c(OC)cc1CNC(=O)CN(c1ccc(C)cc1)C(C)C. The molecule has 0 aliphatic carbocycles. The van der Waals surface area contributed by atoms with Gasteiger partial charge in [-0.2, -0.15) is 0 Å². The molecular weight excluding hydrogens is 356 g/mol. The molecule has 0 saturated carbocycles. The molecule has 0 aliphatic rings. The lowest BCUT2D eigenvalue weighted by Gasteiger charge is -2.28. The second-order valence-electron chi connectivity index (χ2n) is 6.85. The summed E-state index contributed by atoms with van der Waals surface area (Å²) in [7, 11) is 4.74. The van der Waals surface area contributed by atoms with Gasteiger partial charge in [0.1, 0.15) is 5.75 Å². The molecule has 0 radical (unpaired) electrons. The highest BCUT2D eigenvalue weighted by Gasteiger charge is 2.16. The van der Waals surface area contributed by atoms with Crippen LogP contribution in [0.5, 0.6) is 17.2 Å². The van der Waals surface area contributed by atoms with Crippen LogP contribution in [-0.4, -0.2) is 39.8 Å². The van der Waals surface area contributed by atoms with Gasteiger partial charge in [-0.3, -0.25) is 4.79 Å². The van der Waals surface area contributed by atoms with Gasteiger partial charge in [-0.25, -0.2) is 0 Å². The fourth-order valence-electron chi connectivity index (χ4n) is 2.94. The van der Waals surface area contributed by atoms with E-state index in [0.29, 0.717) is 23.8 Å². The second-order valence-corrected chi connectivity index (χ2v) is 6.85. The van der Waals surface area contributed by atoms with Crippen LogP contribution >= 0.6 is 0 Å². The van der Waals surface area contributed by atoms with Gasteiger partial charge in [0.2, 0.25) is 5.91 Å². The summed E-state index contributed by atoms with van der Waals surface area (Å²) in [6.07, 6.45) is 0. The minimum Gasteiger partial charge on any atom is -0.496 e. The predicted molar refractivity (Wildman–Crippen MR) is 112 cm³/mol. The number of aryl methyl sites for hydroxylation is 1. The Labute approximate surface area is 167 Å². The Morgan fingerprint density at radius 3 is 2.07 bits per heavy atom. The number of hydrogen-bond acceptors (Lipinski definition) is 5. The van der Waals surface area contributed by atoms with Crippen molar-refractivity contribution in [3.8, 4) is 17.2 Å². The zero-order chi connectivity index (χ0) is 20.7. The number of ether oxygens (including phenoxy) is 3. The number of amides is 1. The first-order valence-electron chi connectivity index (χ1n) is 9.28. The lowest BCUT2D eigenvalue weighted by atomic mass is 10.1. The van der Waals surface area contributed by atoms with Crippen LogP contribution in [0, 0.1) is 6.92 Å².